The average Bonchev–Trinajstić information content (AvgIpc) is 2.20. The molecule has 10 heavy (non-hydrogen) atoms. The minimum Gasteiger partial charge on any atom is -0.377 e. The topological polar surface area (TPSA) is 27.1 Å². The first kappa shape index (κ1) is 7.75. The number of nitrogens with zero attached hydrogens (tertiary/aromatic N) is 2. The van der Waals surface area contributed by atoms with Crippen LogP contribution in [0, 0.1) is 0 Å². The number of aromatic nitrogens is 2. The molecule has 1 aromatic rings. The summed E-state index contributed by atoms with van der Waals surface area (Å²) in [5.74, 6) is 0.925. The predicted octanol–water partition coefficient (Wildman–Crippen LogP) is 1.33. The Morgan fingerprint density at radius 2 is 2.50 bits per heavy atom. The summed E-state index contributed by atoms with van der Waals surface area (Å²) in [6, 6.07) is 0. The van der Waals surface area contributed by atoms with Crippen LogP contribution < -0.4 is 0 Å². The van der Waals surface area contributed by atoms with Crippen LogP contribution in [0.1, 0.15) is 5.82 Å². The molecule has 0 N–H and O–H groups in total. The molecule has 1 heterocycles. The lowest BCUT2D eigenvalue weighted by atomic mass is 10.6. The summed E-state index contributed by atoms with van der Waals surface area (Å²) in [5.41, 5.74) is 0. The van der Waals surface area contributed by atoms with Gasteiger partial charge >= 0.3 is 0 Å². The average molecular weight is 205 g/mol. The van der Waals surface area contributed by atoms with Crippen LogP contribution in [0.5, 0.6) is 0 Å². The second kappa shape index (κ2) is 3.16. The molecule has 56 valence electrons. The summed E-state index contributed by atoms with van der Waals surface area (Å²) in [6.07, 6.45) is 1.76. The van der Waals surface area contributed by atoms with E-state index in [0.717, 1.165) is 10.4 Å². The van der Waals surface area contributed by atoms with Gasteiger partial charge in [0.25, 0.3) is 0 Å². The summed E-state index contributed by atoms with van der Waals surface area (Å²) in [4.78, 5) is 4.10. The van der Waals surface area contributed by atoms with Gasteiger partial charge in [-0.05, 0) is 15.9 Å². The SMILES string of the molecule is COCc1ncc(Br)n1C. The maximum atomic E-state index is 4.92. The van der Waals surface area contributed by atoms with Gasteiger partial charge in [-0.15, -0.1) is 0 Å². The van der Waals surface area contributed by atoms with E-state index >= 15 is 0 Å². The molecule has 0 aromatic carbocycles. The third-order valence-corrected chi connectivity index (χ3v) is 2.04. The smallest absolute Gasteiger partial charge is 0.135 e. The molecule has 0 saturated heterocycles. The zero-order valence-electron chi connectivity index (χ0n) is 5.97. The minimum atomic E-state index is 0.558. The van der Waals surface area contributed by atoms with Crippen LogP contribution >= 0.6 is 15.9 Å². The van der Waals surface area contributed by atoms with Crippen LogP contribution in [0.4, 0.5) is 0 Å². The highest BCUT2D eigenvalue weighted by Crippen LogP contribution is 2.09. The van der Waals surface area contributed by atoms with Gasteiger partial charge in [-0.2, -0.15) is 0 Å². The molecular formula is C6H9BrN2O. The Morgan fingerprint density at radius 1 is 1.80 bits per heavy atom. The van der Waals surface area contributed by atoms with E-state index in [1.807, 2.05) is 11.6 Å². The summed E-state index contributed by atoms with van der Waals surface area (Å²) < 4.78 is 7.82. The highest BCUT2D eigenvalue weighted by Gasteiger charge is 2.01. The van der Waals surface area contributed by atoms with Crippen molar-refractivity contribution in [1.82, 2.24) is 9.55 Å². The molecule has 1 aromatic heterocycles. The Hall–Kier alpha value is -0.350. The lowest BCUT2D eigenvalue weighted by Crippen LogP contribution is -1.98. The summed E-state index contributed by atoms with van der Waals surface area (Å²) in [5, 5.41) is 0. The van der Waals surface area contributed by atoms with E-state index in [1.54, 1.807) is 13.3 Å². The first-order chi connectivity index (χ1) is 4.75. The molecule has 0 radical (unpaired) electrons. The highest BCUT2D eigenvalue weighted by molar-refractivity contribution is 9.10. The van der Waals surface area contributed by atoms with Crippen molar-refractivity contribution >= 4 is 15.9 Å². The van der Waals surface area contributed by atoms with Crippen LogP contribution in [0.25, 0.3) is 0 Å². The summed E-state index contributed by atoms with van der Waals surface area (Å²) in [7, 11) is 3.59. The van der Waals surface area contributed by atoms with E-state index in [-0.39, 0.29) is 0 Å². The Balaban J connectivity index is 2.83. The van der Waals surface area contributed by atoms with Crippen molar-refractivity contribution < 1.29 is 4.74 Å². The standard InChI is InChI=1S/C6H9BrN2O/c1-9-5(7)3-8-6(9)4-10-2/h3H,4H2,1-2H3. The quantitative estimate of drug-likeness (QED) is 0.728. The van der Waals surface area contributed by atoms with E-state index in [1.165, 1.54) is 0 Å². The Kier molecular flexibility index (Phi) is 2.45. The molecule has 1 rings (SSSR count). The molecule has 3 nitrogen and oxygen atoms in total. The first-order valence-corrected chi connectivity index (χ1v) is 3.70. The molecule has 4 heteroatoms. The zero-order valence-corrected chi connectivity index (χ0v) is 7.55. The number of ether oxygens (including phenoxy) is 1. The molecule has 0 atom stereocenters. The second-order valence-corrected chi connectivity index (χ2v) is 2.80. The van der Waals surface area contributed by atoms with E-state index in [4.69, 9.17) is 4.74 Å². The van der Waals surface area contributed by atoms with Gasteiger partial charge in [0, 0.05) is 14.2 Å². The van der Waals surface area contributed by atoms with Gasteiger partial charge < -0.3 is 9.30 Å². The normalized spacial score (nSPS) is 10.3. The van der Waals surface area contributed by atoms with Gasteiger partial charge in [0.15, 0.2) is 0 Å². The second-order valence-electron chi connectivity index (χ2n) is 1.99. The molecular weight excluding hydrogens is 196 g/mol. The van der Waals surface area contributed by atoms with Crippen LogP contribution in [0.15, 0.2) is 10.8 Å². The lowest BCUT2D eigenvalue weighted by molar-refractivity contribution is 0.175. The van der Waals surface area contributed by atoms with Gasteiger partial charge in [-0.3, -0.25) is 0 Å². The maximum Gasteiger partial charge on any atom is 0.135 e. The number of hydrogen-bond acceptors (Lipinski definition) is 2. The van der Waals surface area contributed by atoms with Gasteiger partial charge in [0.05, 0.1) is 6.20 Å². The number of methoxy groups -OCH3 is 1. The Bertz CT molecular complexity index is 222. The number of imidazole rings is 1. The number of halogens is 1. The molecule has 0 spiro atoms. The fraction of sp³-hybridized carbons (Fsp3) is 0.500. The molecule has 0 aliphatic carbocycles. The Morgan fingerprint density at radius 3 is 2.90 bits per heavy atom. The van der Waals surface area contributed by atoms with Crippen LogP contribution in [-0.2, 0) is 18.4 Å². The molecule has 0 aliphatic heterocycles. The molecule has 0 amide bonds. The van der Waals surface area contributed by atoms with E-state index in [0.29, 0.717) is 6.61 Å². The molecule has 0 saturated carbocycles. The Labute approximate surface area is 68.1 Å². The minimum absolute atomic E-state index is 0.558. The van der Waals surface area contributed by atoms with Crippen LogP contribution in [-0.4, -0.2) is 16.7 Å². The zero-order chi connectivity index (χ0) is 7.56. The molecule has 0 aliphatic rings. The molecule has 0 unspecified atom stereocenters. The van der Waals surface area contributed by atoms with Crippen molar-refractivity contribution in [3.63, 3.8) is 0 Å². The highest BCUT2D eigenvalue weighted by atomic mass is 79.9. The summed E-state index contributed by atoms with van der Waals surface area (Å²) in [6.45, 7) is 0.558. The lowest BCUT2D eigenvalue weighted by Gasteiger charge is -1.99. The van der Waals surface area contributed by atoms with Gasteiger partial charge in [0.2, 0.25) is 0 Å². The molecule has 0 fully saturated rings. The van der Waals surface area contributed by atoms with Crippen molar-refractivity contribution in [3.8, 4) is 0 Å². The fourth-order valence-corrected chi connectivity index (χ4v) is 0.995. The van der Waals surface area contributed by atoms with E-state index < -0.39 is 0 Å². The van der Waals surface area contributed by atoms with Crippen molar-refractivity contribution in [3.05, 3.63) is 16.6 Å². The molecule has 0 bridgehead atoms. The third-order valence-electron chi connectivity index (χ3n) is 1.30. The van der Waals surface area contributed by atoms with Crippen molar-refractivity contribution in [2.75, 3.05) is 7.11 Å². The van der Waals surface area contributed by atoms with Crippen LogP contribution in [0.3, 0.4) is 0 Å². The van der Waals surface area contributed by atoms with Crippen LogP contribution in [0.2, 0.25) is 0 Å². The van der Waals surface area contributed by atoms with Crippen molar-refractivity contribution in [1.29, 1.82) is 0 Å². The number of hydrogen-bond donors (Lipinski definition) is 0. The van der Waals surface area contributed by atoms with Crippen molar-refractivity contribution in [2.24, 2.45) is 7.05 Å². The largest absolute Gasteiger partial charge is 0.377 e. The van der Waals surface area contributed by atoms with E-state index in [9.17, 15) is 0 Å². The third kappa shape index (κ3) is 1.38. The fourth-order valence-electron chi connectivity index (χ4n) is 0.687. The van der Waals surface area contributed by atoms with Crippen molar-refractivity contribution in [2.45, 2.75) is 6.61 Å². The number of rotatable bonds is 2. The maximum absolute atomic E-state index is 4.92. The monoisotopic (exact) mass is 204 g/mol. The van der Waals surface area contributed by atoms with E-state index in [2.05, 4.69) is 20.9 Å². The van der Waals surface area contributed by atoms with Gasteiger partial charge in [-0.25, -0.2) is 4.98 Å². The van der Waals surface area contributed by atoms with Gasteiger partial charge in [0.1, 0.15) is 17.0 Å². The van der Waals surface area contributed by atoms with Gasteiger partial charge in [-0.1, -0.05) is 0 Å². The summed E-state index contributed by atoms with van der Waals surface area (Å²) >= 11 is 3.33. The first-order valence-electron chi connectivity index (χ1n) is 2.90. The predicted molar refractivity (Wildman–Crippen MR) is 41.6 cm³/mol.